The third-order valence-electron chi connectivity index (χ3n) is 4.74. The standard InChI is InChI=1S/C22H20N4O2/c1-15-24-19-8-4-5-9-20(19)26(15)13-12-22(28)25-23-14-16-10-11-21(27)18-7-3-2-6-17(16)18/h2-11,14,27H,12-13H2,1H3,(H,25,28)/b23-14+. The molecule has 1 amide bonds. The molecule has 6 heteroatoms. The summed E-state index contributed by atoms with van der Waals surface area (Å²) in [6, 6.07) is 18.8. The van der Waals surface area contributed by atoms with Gasteiger partial charge in [-0.1, -0.05) is 36.4 Å². The lowest BCUT2D eigenvalue weighted by molar-refractivity contribution is -0.121. The highest BCUT2D eigenvalue weighted by atomic mass is 16.3. The molecule has 0 aliphatic carbocycles. The summed E-state index contributed by atoms with van der Waals surface area (Å²) in [7, 11) is 0. The van der Waals surface area contributed by atoms with E-state index in [0.29, 0.717) is 13.0 Å². The Morgan fingerprint density at radius 1 is 1.11 bits per heavy atom. The summed E-state index contributed by atoms with van der Waals surface area (Å²) in [6.45, 7) is 2.47. The van der Waals surface area contributed by atoms with Crippen molar-refractivity contribution in [3.8, 4) is 5.75 Å². The van der Waals surface area contributed by atoms with E-state index >= 15 is 0 Å². The predicted octanol–water partition coefficient (Wildman–Crippen LogP) is 3.74. The fraction of sp³-hybridized carbons (Fsp3) is 0.136. The van der Waals surface area contributed by atoms with Gasteiger partial charge in [-0.3, -0.25) is 4.79 Å². The number of hydrogen-bond acceptors (Lipinski definition) is 4. The van der Waals surface area contributed by atoms with Crippen molar-refractivity contribution in [2.45, 2.75) is 19.9 Å². The van der Waals surface area contributed by atoms with E-state index < -0.39 is 0 Å². The lowest BCUT2D eigenvalue weighted by Gasteiger charge is -2.06. The van der Waals surface area contributed by atoms with Crippen molar-refractivity contribution < 1.29 is 9.90 Å². The molecular formula is C22H20N4O2. The molecule has 0 aliphatic rings. The van der Waals surface area contributed by atoms with Gasteiger partial charge in [0.05, 0.1) is 17.2 Å². The molecule has 1 aromatic heterocycles. The largest absolute Gasteiger partial charge is 0.507 e. The third-order valence-corrected chi connectivity index (χ3v) is 4.74. The van der Waals surface area contributed by atoms with Crippen molar-refractivity contribution in [2.75, 3.05) is 0 Å². The molecule has 0 saturated carbocycles. The van der Waals surface area contributed by atoms with E-state index in [9.17, 15) is 9.90 Å². The number of carbonyl (C=O) groups is 1. The van der Waals surface area contributed by atoms with Crippen LogP contribution in [0.2, 0.25) is 0 Å². The molecule has 6 nitrogen and oxygen atoms in total. The van der Waals surface area contributed by atoms with Crippen LogP contribution in [0.3, 0.4) is 0 Å². The second-order valence-corrected chi connectivity index (χ2v) is 6.56. The fourth-order valence-corrected chi connectivity index (χ4v) is 3.34. The zero-order valence-corrected chi connectivity index (χ0v) is 15.5. The molecule has 2 N–H and O–H groups in total. The van der Waals surface area contributed by atoms with Crippen molar-refractivity contribution in [1.82, 2.24) is 15.0 Å². The molecule has 140 valence electrons. The summed E-state index contributed by atoms with van der Waals surface area (Å²) < 4.78 is 2.03. The maximum absolute atomic E-state index is 12.2. The van der Waals surface area contributed by atoms with E-state index in [0.717, 1.165) is 33.2 Å². The van der Waals surface area contributed by atoms with Crippen LogP contribution < -0.4 is 5.43 Å². The average Bonchev–Trinajstić information content (AvgIpc) is 3.03. The number of fused-ring (bicyclic) bond motifs is 2. The minimum absolute atomic E-state index is 0.170. The Bertz CT molecular complexity index is 1190. The van der Waals surface area contributed by atoms with Crippen molar-refractivity contribution in [2.24, 2.45) is 5.10 Å². The second kappa shape index (κ2) is 7.52. The maximum atomic E-state index is 12.2. The first-order chi connectivity index (χ1) is 13.6. The summed E-state index contributed by atoms with van der Waals surface area (Å²) in [4.78, 5) is 16.7. The van der Waals surface area contributed by atoms with E-state index in [1.54, 1.807) is 18.3 Å². The van der Waals surface area contributed by atoms with Crippen molar-refractivity contribution in [3.05, 3.63) is 72.1 Å². The number of phenolic OH excluding ortho intramolecular Hbond substituents is 1. The molecule has 0 spiro atoms. The number of aryl methyl sites for hydroxylation is 2. The number of rotatable bonds is 5. The van der Waals surface area contributed by atoms with Gasteiger partial charge >= 0.3 is 0 Å². The minimum atomic E-state index is -0.170. The average molecular weight is 372 g/mol. The van der Waals surface area contributed by atoms with Crippen LogP contribution in [0.15, 0.2) is 65.8 Å². The lowest BCUT2D eigenvalue weighted by atomic mass is 10.0. The van der Waals surface area contributed by atoms with Gasteiger partial charge in [0.25, 0.3) is 0 Å². The highest BCUT2D eigenvalue weighted by molar-refractivity contribution is 6.02. The summed E-state index contributed by atoms with van der Waals surface area (Å²) in [5.41, 5.74) is 5.35. The number of carbonyl (C=O) groups excluding carboxylic acids is 1. The van der Waals surface area contributed by atoms with E-state index in [2.05, 4.69) is 15.5 Å². The van der Waals surface area contributed by atoms with Gasteiger partial charge in [-0.15, -0.1) is 0 Å². The molecule has 4 rings (SSSR count). The number of para-hydroxylation sites is 2. The zero-order valence-electron chi connectivity index (χ0n) is 15.5. The van der Waals surface area contributed by atoms with Crippen LogP contribution >= 0.6 is 0 Å². The van der Waals surface area contributed by atoms with Gasteiger partial charge in [0.15, 0.2) is 0 Å². The topological polar surface area (TPSA) is 79.5 Å². The SMILES string of the molecule is Cc1nc2ccccc2n1CCC(=O)N/N=C/c1ccc(O)c2ccccc12. The van der Waals surface area contributed by atoms with Crippen LogP contribution in [0, 0.1) is 6.92 Å². The Morgan fingerprint density at radius 2 is 1.86 bits per heavy atom. The van der Waals surface area contributed by atoms with Gasteiger partial charge in [-0.05, 0) is 36.6 Å². The van der Waals surface area contributed by atoms with E-state index in [4.69, 9.17) is 0 Å². The smallest absolute Gasteiger partial charge is 0.241 e. The Morgan fingerprint density at radius 3 is 2.71 bits per heavy atom. The second-order valence-electron chi connectivity index (χ2n) is 6.56. The van der Waals surface area contributed by atoms with E-state index in [-0.39, 0.29) is 11.7 Å². The van der Waals surface area contributed by atoms with Crippen LogP contribution in [0.4, 0.5) is 0 Å². The lowest BCUT2D eigenvalue weighted by Crippen LogP contribution is -2.19. The van der Waals surface area contributed by atoms with Gasteiger partial charge in [-0.2, -0.15) is 5.10 Å². The molecule has 0 radical (unpaired) electrons. The first-order valence-electron chi connectivity index (χ1n) is 9.08. The van der Waals surface area contributed by atoms with E-state index in [1.807, 2.05) is 60.0 Å². The molecule has 0 atom stereocenters. The number of nitrogens with one attached hydrogen (secondary N) is 1. The van der Waals surface area contributed by atoms with Crippen LogP contribution in [0.25, 0.3) is 21.8 Å². The number of benzene rings is 3. The summed E-state index contributed by atoms with van der Waals surface area (Å²) >= 11 is 0. The monoisotopic (exact) mass is 372 g/mol. The molecule has 0 bridgehead atoms. The van der Waals surface area contributed by atoms with Crippen LogP contribution in [-0.4, -0.2) is 26.8 Å². The number of hydrogen-bond donors (Lipinski definition) is 2. The van der Waals surface area contributed by atoms with Crippen LogP contribution in [0.1, 0.15) is 17.8 Å². The Hall–Kier alpha value is -3.67. The number of amides is 1. The number of aromatic hydroxyl groups is 1. The van der Waals surface area contributed by atoms with Crippen molar-refractivity contribution >= 4 is 33.9 Å². The molecule has 0 aliphatic heterocycles. The molecule has 0 saturated heterocycles. The Labute approximate surface area is 162 Å². The molecule has 4 aromatic rings. The van der Waals surface area contributed by atoms with E-state index in [1.165, 1.54) is 0 Å². The predicted molar refractivity (Wildman–Crippen MR) is 110 cm³/mol. The number of hydrazone groups is 1. The van der Waals surface area contributed by atoms with Crippen molar-refractivity contribution in [1.29, 1.82) is 0 Å². The Balaban J connectivity index is 1.42. The van der Waals surface area contributed by atoms with Gasteiger partial charge in [0.2, 0.25) is 5.91 Å². The molecule has 0 unspecified atom stereocenters. The minimum Gasteiger partial charge on any atom is -0.507 e. The Kier molecular flexibility index (Phi) is 4.76. The number of phenols is 1. The summed E-state index contributed by atoms with van der Waals surface area (Å²) in [5.74, 6) is 0.935. The van der Waals surface area contributed by atoms with Gasteiger partial charge in [-0.25, -0.2) is 10.4 Å². The normalized spacial score (nSPS) is 11.5. The van der Waals surface area contributed by atoms with Gasteiger partial charge in [0.1, 0.15) is 11.6 Å². The fourth-order valence-electron chi connectivity index (χ4n) is 3.34. The molecule has 0 fully saturated rings. The molecule has 28 heavy (non-hydrogen) atoms. The molecule has 3 aromatic carbocycles. The first kappa shape index (κ1) is 17.7. The number of aromatic nitrogens is 2. The summed E-state index contributed by atoms with van der Waals surface area (Å²) in [5, 5.41) is 15.6. The van der Waals surface area contributed by atoms with Crippen molar-refractivity contribution in [3.63, 3.8) is 0 Å². The zero-order chi connectivity index (χ0) is 19.5. The molecular weight excluding hydrogens is 352 g/mol. The summed E-state index contributed by atoms with van der Waals surface area (Å²) in [6.07, 6.45) is 1.90. The highest BCUT2D eigenvalue weighted by Crippen LogP contribution is 2.26. The first-order valence-corrected chi connectivity index (χ1v) is 9.08. The van der Waals surface area contributed by atoms with Gasteiger partial charge in [0, 0.05) is 23.9 Å². The maximum Gasteiger partial charge on any atom is 0.241 e. The van der Waals surface area contributed by atoms with Crippen LogP contribution in [-0.2, 0) is 11.3 Å². The van der Waals surface area contributed by atoms with Crippen LogP contribution in [0.5, 0.6) is 5.75 Å². The quantitative estimate of drug-likeness (QED) is 0.414. The number of nitrogens with zero attached hydrogens (tertiary/aromatic N) is 3. The highest BCUT2D eigenvalue weighted by Gasteiger charge is 2.08. The number of imidazole rings is 1. The van der Waals surface area contributed by atoms with Gasteiger partial charge < -0.3 is 9.67 Å². The molecule has 1 heterocycles. The third kappa shape index (κ3) is 3.44.